The molecule has 0 bridgehead atoms. The van der Waals surface area contributed by atoms with E-state index in [1.165, 1.54) is 12.1 Å². The Morgan fingerprint density at radius 2 is 1.77 bits per heavy atom. The minimum atomic E-state index is -3.64. The number of guanidine groups is 1. The summed E-state index contributed by atoms with van der Waals surface area (Å²) >= 11 is 0. The van der Waals surface area contributed by atoms with E-state index in [4.69, 9.17) is 9.88 Å². The molecule has 7 nitrogen and oxygen atoms in total. The minimum absolute atomic E-state index is 0. The quantitative estimate of drug-likeness (QED) is 0.197. The highest BCUT2D eigenvalue weighted by Gasteiger charge is 2.06. The van der Waals surface area contributed by atoms with Crippen molar-refractivity contribution in [2.45, 2.75) is 31.6 Å². The highest BCUT2D eigenvalue weighted by molar-refractivity contribution is 14.0. The van der Waals surface area contributed by atoms with Crippen molar-refractivity contribution in [3.63, 3.8) is 0 Å². The Hall–Kier alpha value is -0.910. The molecule has 0 aliphatic carbocycles. The van der Waals surface area contributed by atoms with Crippen molar-refractivity contribution in [1.29, 1.82) is 0 Å². The summed E-state index contributed by atoms with van der Waals surface area (Å²) < 4.78 is 28.0. The summed E-state index contributed by atoms with van der Waals surface area (Å²) in [5.41, 5.74) is 1.02. The standard InChI is InChI=1S/C17H30N4O3S.HI/c1-14(2)9-12-24-13-11-21-17(19-3)20-10-8-15-4-6-16(7-5-15)25(18,22)23;/h4-7,14H,8-13H2,1-3H3,(H2,18,22,23)(H2,19,20,21);1H. The van der Waals surface area contributed by atoms with Gasteiger partial charge in [0.2, 0.25) is 10.0 Å². The maximum atomic E-state index is 11.2. The van der Waals surface area contributed by atoms with E-state index >= 15 is 0 Å². The van der Waals surface area contributed by atoms with Gasteiger partial charge in [0.15, 0.2) is 5.96 Å². The third-order valence-electron chi connectivity index (χ3n) is 3.56. The van der Waals surface area contributed by atoms with E-state index in [0.29, 0.717) is 31.6 Å². The molecule has 1 aromatic carbocycles. The van der Waals surface area contributed by atoms with Gasteiger partial charge in [-0.3, -0.25) is 4.99 Å². The van der Waals surface area contributed by atoms with E-state index in [2.05, 4.69) is 29.5 Å². The number of ether oxygens (including phenoxy) is 1. The SMILES string of the molecule is CN=C(NCCOCCC(C)C)NCCc1ccc(S(N)(=O)=O)cc1.I. The second kappa shape index (κ2) is 13.3. The molecule has 0 aliphatic heterocycles. The fraction of sp³-hybridized carbons (Fsp3) is 0.588. The lowest BCUT2D eigenvalue weighted by molar-refractivity contribution is 0.128. The van der Waals surface area contributed by atoms with E-state index in [1.807, 2.05) is 0 Å². The van der Waals surface area contributed by atoms with Gasteiger partial charge < -0.3 is 15.4 Å². The van der Waals surface area contributed by atoms with E-state index in [9.17, 15) is 8.42 Å². The molecule has 0 saturated heterocycles. The maximum absolute atomic E-state index is 11.2. The van der Waals surface area contributed by atoms with Crippen molar-refractivity contribution in [1.82, 2.24) is 10.6 Å². The molecule has 0 radical (unpaired) electrons. The maximum Gasteiger partial charge on any atom is 0.238 e. The molecule has 1 aromatic rings. The number of halogens is 1. The lowest BCUT2D eigenvalue weighted by Crippen LogP contribution is -2.39. The molecule has 0 atom stereocenters. The van der Waals surface area contributed by atoms with E-state index < -0.39 is 10.0 Å². The van der Waals surface area contributed by atoms with Gasteiger partial charge in [-0.25, -0.2) is 13.6 Å². The zero-order chi connectivity index (χ0) is 18.7. The molecule has 0 heterocycles. The van der Waals surface area contributed by atoms with Crippen LogP contribution >= 0.6 is 24.0 Å². The van der Waals surface area contributed by atoms with Crippen LogP contribution in [0.15, 0.2) is 34.2 Å². The molecule has 0 unspecified atom stereocenters. The number of rotatable bonds is 10. The van der Waals surface area contributed by atoms with Crippen LogP contribution in [0.25, 0.3) is 0 Å². The number of primary sulfonamides is 1. The smallest absolute Gasteiger partial charge is 0.238 e. The molecule has 0 amide bonds. The van der Waals surface area contributed by atoms with Crippen molar-refractivity contribution in [2.24, 2.45) is 16.0 Å². The highest BCUT2D eigenvalue weighted by atomic mass is 127. The number of nitrogens with two attached hydrogens (primary N) is 1. The largest absolute Gasteiger partial charge is 0.380 e. The zero-order valence-electron chi connectivity index (χ0n) is 15.7. The number of aliphatic imine (C=N–C) groups is 1. The predicted octanol–water partition coefficient (Wildman–Crippen LogP) is 1.72. The number of sulfonamides is 1. The Bertz CT molecular complexity index is 634. The van der Waals surface area contributed by atoms with Gasteiger partial charge in [-0.15, -0.1) is 24.0 Å². The van der Waals surface area contributed by atoms with Crippen LogP contribution in [0.5, 0.6) is 0 Å². The summed E-state index contributed by atoms with van der Waals surface area (Å²) in [6.45, 7) is 7.15. The monoisotopic (exact) mass is 498 g/mol. The van der Waals surface area contributed by atoms with Crippen molar-refractivity contribution in [2.75, 3.05) is 33.4 Å². The molecule has 0 fully saturated rings. The van der Waals surface area contributed by atoms with Crippen molar-refractivity contribution < 1.29 is 13.2 Å². The van der Waals surface area contributed by atoms with Gasteiger partial charge in [0.25, 0.3) is 0 Å². The van der Waals surface area contributed by atoms with Crippen LogP contribution in [-0.2, 0) is 21.2 Å². The average molecular weight is 498 g/mol. The molecule has 0 saturated carbocycles. The van der Waals surface area contributed by atoms with Crippen LogP contribution in [0.3, 0.4) is 0 Å². The van der Waals surface area contributed by atoms with E-state index in [-0.39, 0.29) is 28.9 Å². The van der Waals surface area contributed by atoms with Crippen LogP contribution in [0.4, 0.5) is 0 Å². The van der Waals surface area contributed by atoms with Gasteiger partial charge in [0.1, 0.15) is 0 Å². The van der Waals surface area contributed by atoms with E-state index in [0.717, 1.165) is 25.0 Å². The Labute approximate surface area is 174 Å². The number of nitrogens with one attached hydrogen (secondary N) is 2. The fourth-order valence-electron chi connectivity index (χ4n) is 2.05. The first kappa shape index (κ1) is 25.1. The summed E-state index contributed by atoms with van der Waals surface area (Å²) in [6.07, 6.45) is 1.81. The third kappa shape index (κ3) is 10.9. The molecule has 4 N–H and O–H groups in total. The second-order valence-corrected chi connectivity index (χ2v) is 7.72. The Kier molecular flexibility index (Phi) is 12.8. The summed E-state index contributed by atoms with van der Waals surface area (Å²) in [7, 11) is -1.92. The van der Waals surface area contributed by atoms with Crippen molar-refractivity contribution in [3.8, 4) is 0 Å². The third-order valence-corrected chi connectivity index (χ3v) is 4.49. The molecule has 0 aromatic heterocycles. The molecule has 1 rings (SSSR count). The molecule has 9 heteroatoms. The summed E-state index contributed by atoms with van der Waals surface area (Å²) in [5.74, 6) is 1.37. The van der Waals surface area contributed by atoms with Crippen LogP contribution in [0, 0.1) is 5.92 Å². The van der Waals surface area contributed by atoms with Crippen LogP contribution in [-0.4, -0.2) is 47.7 Å². The number of nitrogens with zero attached hydrogens (tertiary/aromatic N) is 1. The lowest BCUT2D eigenvalue weighted by Gasteiger charge is -2.12. The molecule has 0 aliphatic rings. The van der Waals surface area contributed by atoms with Crippen molar-refractivity contribution >= 4 is 40.0 Å². The highest BCUT2D eigenvalue weighted by Crippen LogP contribution is 2.08. The van der Waals surface area contributed by atoms with E-state index in [1.54, 1.807) is 19.2 Å². The first-order valence-electron chi connectivity index (χ1n) is 8.47. The normalized spacial score (nSPS) is 12.0. The van der Waals surface area contributed by atoms with Crippen molar-refractivity contribution in [3.05, 3.63) is 29.8 Å². The van der Waals surface area contributed by atoms with Gasteiger partial charge in [-0.1, -0.05) is 26.0 Å². The van der Waals surface area contributed by atoms with Gasteiger partial charge in [-0.2, -0.15) is 0 Å². The van der Waals surface area contributed by atoms with Crippen LogP contribution in [0.1, 0.15) is 25.8 Å². The topological polar surface area (TPSA) is 106 Å². The summed E-state index contributed by atoms with van der Waals surface area (Å²) in [4.78, 5) is 4.28. The summed E-state index contributed by atoms with van der Waals surface area (Å²) in [5, 5.41) is 11.5. The Balaban J connectivity index is 0.00000625. The minimum Gasteiger partial charge on any atom is -0.380 e. The fourth-order valence-corrected chi connectivity index (χ4v) is 2.57. The molecule has 26 heavy (non-hydrogen) atoms. The van der Waals surface area contributed by atoms with Gasteiger partial charge in [-0.05, 0) is 36.5 Å². The Morgan fingerprint density at radius 1 is 1.15 bits per heavy atom. The molecular formula is C17H31IN4O3S. The average Bonchev–Trinajstić information content (AvgIpc) is 2.55. The first-order chi connectivity index (χ1) is 11.8. The first-order valence-corrected chi connectivity index (χ1v) is 10.0. The van der Waals surface area contributed by atoms with Crippen LogP contribution in [0.2, 0.25) is 0 Å². The lowest BCUT2D eigenvalue weighted by atomic mass is 10.1. The summed E-state index contributed by atoms with van der Waals surface area (Å²) in [6, 6.07) is 6.57. The zero-order valence-corrected chi connectivity index (χ0v) is 18.8. The van der Waals surface area contributed by atoms with Gasteiger partial charge in [0.05, 0.1) is 11.5 Å². The van der Waals surface area contributed by atoms with Crippen LogP contribution < -0.4 is 15.8 Å². The Morgan fingerprint density at radius 3 is 2.31 bits per heavy atom. The predicted molar refractivity (Wildman–Crippen MR) is 117 cm³/mol. The van der Waals surface area contributed by atoms with Gasteiger partial charge >= 0.3 is 0 Å². The number of hydrogen-bond donors (Lipinski definition) is 3. The molecular weight excluding hydrogens is 467 g/mol. The molecule has 0 spiro atoms. The number of hydrogen-bond acceptors (Lipinski definition) is 4. The van der Waals surface area contributed by atoms with Gasteiger partial charge in [0, 0.05) is 26.7 Å². The second-order valence-electron chi connectivity index (χ2n) is 6.16. The number of benzene rings is 1. The molecule has 150 valence electrons.